The highest BCUT2D eigenvalue weighted by atomic mass is 16.1. The fourth-order valence-corrected chi connectivity index (χ4v) is 1.12. The lowest BCUT2D eigenvalue weighted by atomic mass is 10.1. The Balaban J connectivity index is 2.91. The number of nitrogens with one attached hydrogen (secondary N) is 1. The second-order valence-corrected chi connectivity index (χ2v) is 3.92. The molecule has 1 rings (SSSR count). The molecule has 1 aromatic rings. The van der Waals surface area contributed by atoms with Crippen molar-refractivity contribution >= 4 is 5.91 Å². The molecule has 0 saturated carbocycles. The number of hydrogen-bond donors (Lipinski definition) is 1. The summed E-state index contributed by atoms with van der Waals surface area (Å²) in [7, 11) is 0. The van der Waals surface area contributed by atoms with Crippen LogP contribution < -0.4 is 5.32 Å². The zero-order valence-electron chi connectivity index (χ0n) is 9.24. The molecular weight excluding hydrogens is 200 g/mol. The van der Waals surface area contributed by atoms with Gasteiger partial charge in [0.05, 0.1) is 17.2 Å². The average Bonchev–Trinajstić information content (AvgIpc) is 2.28. The summed E-state index contributed by atoms with van der Waals surface area (Å²) < 4.78 is 0. The summed E-state index contributed by atoms with van der Waals surface area (Å²) in [5, 5.41) is 11.4. The summed E-state index contributed by atoms with van der Waals surface area (Å²) in [6.45, 7) is 3.47. The minimum absolute atomic E-state index is 0.278. The maximum atomic E-state index is 11.8. The van der Waals surface area contributed by atoms with Crippen molar-refractivity contribution in [2.45, 2.75) is 19.4 Å². The quantitative estimate of drug-likeness (QED) is 0.758. The van der Waals surface area contributed by atoms with Crippen molar-refractivity contribution in [1.29, 1.82) is 5.26 Å². The molecule has 0 aliphatic carbocycles. The molecule has 0 aromatic heterocycles. The van der Waals surface area contributed by atoms with Gasteiger partial charge in [0.2, 0.25) is 0 Å². The number of carbonyl (C=O) groups excluding carboxylic acids is 1. The van der Waals surface area contributed by atoms with Crippen molar-refractivity contribution < 1.29 is 4.79 Å². The normalized spacial score (nSPS) is 10.0. The Morgan fingerprint density at radius 2 is 2.19 bits per heavy atom. The predicted octanol–water partition coefficient (Wildman–Crippen LogP) is 1.70. The summed E-state index contributed by atoms with van der Waals surface area (Å²) >= 11 is 0. The van der Waals surface area contributed by atoms with E-state index in [1.165, 1.54) is 6.07 Å². The summed E-state index contributed by atoms with van der Waals surface area (Å²) in [6, 6.07) is 8.46. The SMILES string of the molecule is C#CC(C)(C)NC(=O)c1cccc(C#N)c1. The van der Waals surface area contributed by atoms with Crippen LogP contribution >= 0.6 is 0 Å². The van der Waals surface area contributed by atoms with Gasteiger partial charge in [-0.3, -0.25) is 4.79 Å². The lowest BCUT2D eigenvalue weighted by molar-refractivity contribution is 0.0930. The highest BCUT2D eigenvalue weighted by Gasteiger charge is 2.17. The molecule has 3 nitrogen and oxygen atoms in total. The van der Waals surface area contributed by atoms with Crippen molar-refractivity contribution in [3.05, 3.63) is 35.4 Å². The molecule has 1 amide bonds. The molecule has 0 atom stereocenters. The van der Waals surface area contributed by atoms with Gasteiger partial charge in [0.15, 0.2) is 0 Å². The van der Waals surface area contributed by atoms with Crippen molar-refractivity contribution in [3.8, 4) is 18.4 Å². The third-order valence-corrected chi connectivity index (χ3v) is 2.04. The lowest BCUT2D eigenvalue weighted by Gasteiger charge is -2.19. The first-order valence-electron chi connectivity index (χ1n) is 4.79. The number of amides is 1. The van der Waals surface area contributed by atoms with Crippen molar-refractivity contribution in [2.75, 3.05) is 0 Å². The van der Waals surface area contributed by atoms with Crippen LogP contribution in [0.25, 0.3) is 0 Å². The summed E-state index contributed by atoms with van der Waals surface area (Å²) in [4.78, 5) is 11.8. The molecule has 0 fully saturated rings. The highest BCUT2D eigenvalue weighted by molar-refractivity contribution is 5.95. The van der Waals surface area contributed by atoms with Gasteiger partial charge in [-0.05, 0) is 32.0 Å². The molecule has 1 N–H and O–H groups in total. The van der Waals surface area contributed by atoms with E-state index in [-0.39, 0.29) is 5.91 Å². The number of rotatable bonds is 2. The fourth-order valence-electron chi connectivity index (χ4n) is 1.12. The average molecular weight is 212 g/mol. The van der Waals surface area contributed by atoms with E-state index < -0.39 is 5.54 Å². The van der Waals surface area contributed by atoms with Gasteiger partial charge < -0.3 is 5.32 Å². The van der Waals surface area contributed by atoms with Crippen LogP contribution in [0.4, 0.5) is 0 Å². The van der Waals surface area contributed by atoms with Crippen LogP contribution in [-0.4, -0.2) is 11.4 Å². The van der Waals surface area contributed by atoms with Gasteiger partial charge in [-0.1, -0.05) is 12.0 Å². The first kappa shape index (κ1) is 11.8. The largest absolute Gasteiger partial charge is 0.336 e. The van der Waals surface area contributed by atoms with E-state index >= 15 is 0 Å². The van der Waals surface area contributed by atoms with E-state index in [9.17, 15) is 4.79 Å². The monoisotopic (exact) mass is 212 g/mol. The van der Waals surface area contributed by atoms with Gasteiger partial charge in [-0.25, -0.2) is 0 Å². The van der Waals surface area contributed by atoms with Gasteiger partial charge in [0.1, 0.15) is 0 Å². The molecule has 0 unspecified atom stereocenters. The Kier molecular flexibility index (Phi) is 3.33. The van der Waals surface area contributed by atoms with Gasteiger partial charge in [-0.2, -0.15) is 5.26 Å². The molecule has 0 aliphatic heterocycles. The Hall–Kier alpha value is -2.26. The fraction of sp³-hybridized carbons (Fsp3) is 0.231. The minimum Gasteiger partial charge on any atom is -0.336 e. The number of nitrogens with zero attached hydrogens (tertiary/aromatic N) is 1. The van der Waals surface area contributed by atoms with E-state index in [4.69, 9.17) is 11.7 Å². The zero-order valence-corrected chi connectivity index (χ0v) is 9.24. The summed E-state index contributed by atoms with van der Waals surface area (Å²) in [6.07, 6.45) is 5.27. The molecule has 0 radical (unpaired) electrons. The van der Waals surface area contributed by atoms with E-state index in [0.29, 0.717) is 11.1 Å². The van der Waals surface area contributed by atoms with Gasteiger partial charge in [0, 0.05) is 5.56 Å². The Labute approximate surface area is 95.1 Å². The molecular formula is C13H12N2O. The third-order valence-electron chi connectivity index (χ3n) is 2.04. The smallest absolute Gasteiger partial charge is 0.252 e. The number of carbonyl (C=O) groups is 1. The first-order valence-corrected chi connectivity index (χ1v) is 4.79. The molecule has 0 saturated heterocycles. The van der Waals surface area contributed by atoms with Crippen molar-refractivity contribution in [2.24, 2.45) is 0 Å². The highest BCUT2D eigenvalue weighted by Crippen LogP contribution is 2.07. The van der Waals surface area contributed by atoms with Crippen LogP contribution in [-0.2, 0) is 0 Å². The van der Waals surface area contributed by atoms with E-state index in [1.807, 2.05) is 6.07 Å². The molecule has 1 aromatic carbocycles. The second-order valence-electron chi connectivity index (χ2n) is 3.92. The molecule has 0 heterocycles. The number of benzene rings is 1. The van der Waals surface area contributed by atoms with E-state index in [0.717, 1.165) is 0 Å². The number of nitriles is 1. The van der Waals surface area contributed by atoms with Crippen LogP contribution in [0.2, 0.25) is 0 Å². The molecule has 80 valence electrons. The Morgan fingerprint density at radius 1 is 1.50 bits per heavy atom. The lowest BCUT2D eigenvalue weighted by Crippen LogP contribution is -2.42. The topological polar surface area (TPSA) is 52.9 Å². The Morgan fingerprint density at radius 3 is 2.75 bits per heavy atom. The maximum Gasteiger partial charge on any atom is 0.252 e. The van der Waals surface area contributed by atoms with Crippen LogP contribution in [0.15, 0.2) is 24.3 Å². The van der Waals surface area contributed by atoms with Gasteiger partial charge >= 0.3 is 0 Å². The zero-order chi connectivity index (χ0) is 12.2. The van der Waals surface area contributed by atoms with Crippen LogP contribution in [0, 0.1) is 23.7 Å². The summed E-state index contributed by atoms with van der Waals surface area (Å²) in [5.41, 5.74) is 0.188. The maximum absolute atomic E-state index is 11.8. The molecule has 16 heavy (non-hydrogen) atoms. The van der Waals surface area contributed by atoms with Crippen molar-refractivity contribution in [3.63, 3.8) is 0 Å². The Bertz CT molecular complexity index is 489. The van der Waals surface area contributed by atoms with Gasteiger partial charge in [0.25, 0.3) is 5.91 Å². The first-order chi connectivity index (χ1) is 7.48. The van der Waals surface area contributed by atoms with Crippen LogP contribution in [0.1, 0.15) is 29.8 Å². The third kappa shape index (κ3) is 2.87. The second kappa shape index (κ2) is 4.51. The minimum atomic E-state index is -0.695. The van der Waals surface area contributed by atoms with E-state index in [2.05, 4.69) is 11.2 Å². The standard InChI is InChI=1S/C13H12N2O/c1-4-13(2,3)15-12(16)11-7-5-6-10(8-11)9-14/h1,5-8H,2-3H3,(H,15,16). The van der Waals surface area contributed by atoms with Crippen LogP contribution in [0.5, 0.6) is 0 Å². The molecule has 0 aliphatic rings. The molecule has 0 bridgehead atoms. The van der Waals surface area contributed by atoms with Gasteiger partial charge in [-0.15, -0.1) is 6.42 Å². The number of hydrogen-bond acceptors (Lipinski definition) is 2. The van der Waals surface area contributed by atoms with Crippen LogP contribution in [0.3, 0.4) is 0 Å². The molecule has 0 spiro atoms. The molecule has 3 heteroatoms. The van der Waals surface area contributed by atoms with E-state index in [1.54, 1.807) is 32.0 Å². The summed E-state index contributed by atoms with van der Waals surface area (Å²) in [5.74, 6) is 2.20. The van der Waals surface area contributed by atoms with Crippen molar-refractivity contribution in [1.82, 2.24) is 5.32 Å². The number of terminal acetylenes is 1. The predicted molar refractivity (Wildman–Crippen MR) is 61.5 cm³/mol.